The third-order valence-electron chi connectivity index (χ3n) is 4.04. The van der Waals surface area contributed by atoms with Crippen molar-refractivity contribution < 1.29 is 18.0 Å². The van der Waals surface area contributed by atoms with E-state index in [1.54, 1.807) is 6.07 Å². The van der Waals surface area contributed by atoms with Gasteiger partial charge in [0.25, 0.3) is 5.91 Å². The SMILES string of the molecule is CCc1ccccc1NC(=O)c1cnc(Nc2ccccc2C(F)(F)F)nc1. The summed E-state index contributed by atoms with van der Waals surface area (Å²) < 4.78 is 39.2. The van der Waals surface area contributed by atoms with Crippen LogP contribution in [0.15, 0.2) is 60.9 Å². The topological polar surface area (TPSA) is 66.9 Å². The van der Waals surface area contributed by atoms with Gasteiger partial charge in [-0.3, -0.25) is 4.79 Å². The molecule has 0 fully saturated rings. The summed E-state index contributed by atoms with van der Waals surface area (Å²) in [6.45, 7) is 1.98. The summed E-state index contributed by atoms with van der Waals surface area (Å²) >= 11 is 0. The number of alkyl halides is 3. The van der Waals surface area contributed by atoms with Crippen LogP contribution in [-0.2, 0) is 12.6 Å². The molecule has 0 atom stereocenters. The molecular formula is C20H17F3N4O. The highest BCUT2D eigenvalue weighted by molar-refractivity contribution is 6.04. The quantitative estimate of drug-likeness (QED) is 0.644. The van der Waals surface area contributed by atoms with Crippen LogP contribution in [0.3, 0.4) is 0 Å². The molecular weight excluding hydrogens is 369 g/mol. The van der Waals surface area contributed by atoms with E-state index in [4.69, 9.17) is 0 Å². The van der Waals surface area contributed by atoms with Gasteiger partial charge in [0.1, 0.15) is 0 Å². The molecule has 8 heteroatoms. The number of amides is 1. The number of anilines is 3. The van der Waals surface area contributed by atoms with Gasteiger partial charge in [-0.15, -0.1) is 0 Å². The van der Waals surface area contributed by atoms with E-state index in [9.17, 15) is 18.0 Å². The summed E-state index contributed by atoms with van der Waals surface area (Å²) in [6, 6.07) is 12.4. The molecule has 0 unspecified atom stereocenters. The molecule has 0 saturated carbocycles. The van der Waals surface area contributed by atoms with Crippen LogP contribution in [-0.4, -0.2) is 15.9 Å². The van der Waals surface area contributed by atoms with Crippen molar-refractivity contribution in [2.24, 2.45) is 0 Å². The Hall–Kier alpha value is -3.42. The van der Waals surface area contributed by atoms with E-state index in [1.165, 1.54) is 30.6 Å². The number of rotatable bonds is 5. The summed E-state index contributed by atoms with van der Waals surface area (Å²) in [4.78, 5) is 20.3. The normalized spacial score (nSPS) is 11.1. The van der Waals surface area contributed by atoms with Crippen molar-refractivity contribution in [2.45, 2.75) is 19.5 Å². The largest absolute Gasteiger partial charge is 0.418 e. The smallest absolute Gasteiger partial charge is 0.324 e. The number of para-hydroxylation sites is 2. The maximum Gasteiger partial charge on any atom is 0.418 e. The second kappa shape index (κ2) is 8.08. The van der Waals surface area contributed by atoms with Gasteiger partial charge in [-0.2, -0.15) is 13.2 Å². The maximum absolute atomic E-state index is 13.1. The lowest BCUT2D eigenvalue weighted by Gasteiger charge is -2.13. The van der Waals surface area contributed by atoms with Crippen LogP contribution in [0.1, 0.15) is 28.4 Å². The van der Waals surface area contributed by atoms with Crippen molar-refractivity contribution in [2.75, 3.05) is 10.6 Å². The van der Waals surface area contributed by atoms with Crippen molar-refractivity contribution in [1.82, 2.24) is 9.97 Å². The molecule has 5 nitrogen and oxygen atoms in total. The molecule has 28 heavy (non-hydrogen) atoms. The molecule has 2 N–H and O–H groups in total. The van der Waals surface area contributed by atoms with Gasteiger partial charge in [-0.1, -0.05) is 37.3 Å². The number of halogens is 3. The highest BCUT2D eigenvalue weighted by Gasteiger charge is 2.33. The van der Waals surface area contributed by atoms with Crippen LogP contribution in [0.25, 0.3) is 0 Å². The predicted molar refractivity (Wildman–Crippen MR) is 101 cm³/mol. The Balaban J connectivity index is 1.75. The Kier molecular flexibility index (Phi) is 5.58. The average molecular weight is 386 g/mol. The van der Waals surface area contributed by atoms with Crippen molar-refractivity contribution in [3.05, 3.63) is 77.6 Å². The molecule has 0 aliphatic heterocycles. The summed E-state index contributed by atoms with van der Waals surface area (Å²) in [5.74, 6) is -0.439. The van der Waals surface area contributed by atoms with E-state index in [0.29, 0.717) is 5.69 Å². The highest BCUT2D eigenvalue weighted by atomic mass is 19.4. The lowest BCUT2D eigenvalue weighted by Crippen LogP contribution is -2.14. The molecule has 144 valence electrons. The zero-order valence-corrected chi connectivity index (χ0v) is 14.9. The Morgan fingerprint density at radius 3 is 2.21 bits per heavy atom. The fourth-order valence-corrected chi connectivity index (χ4v) is 2.61. The summed E-state index contributed by atoms with van der Waals surface area (Å²) in [5, 5.41) is 5.33. The first-order chi connectivity index (χ1) is 13.4. The number of nitrogens with one attached hydrogen (secondary N) is 2. The van der Waals surface area contributed by atoms with Crippen LogP contribution in [0, 0.1) is 0 Å². The molecule has 2 aromatic carbocycles. The van der Waals surface area contributed by atoms with Crippen molar-refractivity contribution in [1.29, 1.82) is 0 Å². The molecule has 0 aliphatic rings. The van der Waals surface area contributed by atoms with Gasteiger partial charge in [-0.05, 0) is 30.2 Å². The molecule has 0 aliphatic carbocycles. The monoisotopic (exact) mass is 386 g/mol. The number of carbonyl (C=O) groups excluding carboxylic acids is 1. The van der Waals surface area contributed by atoms with Crippen LogP contribution in [0.5, 0.6) is 0 Å². The molecule has 0 saturated heterocycles. The van der Waals surface area contributed by atoms with E-state index in [1.807, 2.05) is 25.1 Å². The highest BCUT2D eigenvalue weighted by Crippen LogP contribution is 2.35. The van der Waals surface area contributed by atoms with Crippen LogP contribution >= 0.6 is 0 Å². The van der Waals surface area contributed by atoms with Gasteiger partial charge in [0.2, 0.25) is 5.95 Å². The zero-order chi connectivity index (χ0) is 20.1. The lowest BCUT2D eigenvalue weighted by molar-refractivity contribution is -0.136. The Bertz CT molecular complexity index is 972. The van der Waals surface area contributed by atoms with Gasteiger partial charge in [0, 0.05) is 18.1 Å². The van der Waals surface area contributed by atoms with E-state index in [0.717, 1.165) is 18.1 Å². The third-order valence-corrected chi connectivity index (χ3v) is 4.04. The summed E-state index contributed by atoms with van der Waals surface area (Å²) in [6.07, 6.45) is -1.23. The molecule has 0 spiro atoms. The van der Waals surface area contributed by atoms with Crippen LogP contribution < -0.4 is 10.6 Å². The first-order valence-electron chi connectivity index (χ1n) is 8.53. The number of hydrogen-bond donors (Lipinski definition) is 2. The van der Waals surface area contributed by atoms with E-state index >= 15 is 0 Å². The first kappa shape index (κ1) is 19.3. The van der Waals surface area contributed by atoms with Gasteiger partial charge in [-0.25, -0.2) is 9.97 Å². The number of aryl methyl sites for hydroxylation is 1. The number of nitrogens with zero attached hydrogens (tertiary/aromatic N) is 2. The minimum Gasteiger partial charge on any atom is -0.324 e. The lowest BCUT2D eigenvalue weighted by atomic mass is 10.1. The number of aromatic nitrogens is 2. The van der Waals surface area contributed by atoms with E-state index in [-0.39, 0.29) is 17.2 Å². The Morgan fingerprint density at radius 1 is 0.964 bits per heavy atom. The molecule has 1 heterocycles. The Labute approximate surface area is 159 Å². The van der Waals surface area contributed by atoms with Crippen LogP contribution in [0.4, 0.5) is 30.5 Å². The molecule has 3 rings (SSSR count). The minimum absolute atomic E-state index is 0.0396. The molecule has 1 aromatic heterocycles. The second-order valence-electron chi connectivity index (χ2n) is 5.93. The Morgan fingerprint density at radius 2 is 1.57 bits per heavy atom. The molecule has 3 aromatic rings. The van der Waals surface area contributed by atoms with Gasteiger partial charge in [0.15, 0.2) is 0 Å². The molecule has 1 amide bonds. The average Bonchev–Trinajstić information content (AvgIpc) is 2.68. The van der Waals surface area contributed by atoms with Crippen molar-refractivity contribution >= 4 is 23.2 Å². The van der Waals surface area contributed by atoms with Gasteiger partial charge < -0.3 is 10.6 Å². The maximum atomic E-state index is 13.1. The standard InChI is InChI=1S/C20H17F3N4O/c1-2-13-7-3-5-9-16(13)26-18(28)14-11-24-19(25-12-14)27-17-10-6-4-8-15(17)20(21,22)23/h3-12H,2H2,1H3,(H,26,28)(H,24,25,27). The number of carbonyl (C=O) groups is 1. The first-order valence-corrected chi connectivity index (χ1v) is 8.53. The predicted octanol–water partition coefficient (Wildman–Crippen LogP) is 5.05. The van der Waals surface area contributed by atoms with E-state index in [2.05, 4.69) is 20.6 Å². The molecule has 0 radical (unpaired) electrons. The minimum atomic E-state index is -4.50. The number of hydrogen-bond acceptors (Lipinski definition) is 4. The van der Waals surface area contributed by atoms with E-state index < -0.39 is 17.6 Å². The zero-order valence-electron chi connectivity index (χ0n) is 14.9. The summed E-state index contributed by atoms with van der Waals surface area (Å²) in [5.41, 5.74) is 0.886. The van der Waals surface area contributed by atoms with Gasteiger partial charge >= 0.3 is 6.18 Å². The van der Waals surface area contributed by atoms with Crippen molar-refractivity contribution in [3.8, 4) is 0 Å². The van der Waals surface area contributed by atoms with Gasteiger partial charge in [0.05, 0.1) is 16.8 Å². The number of benzene rings is 2. The second-order valence-corrected chi connectivity index (χ2v) is 5.93. The molecule has 0 bridgehead atoms. The summed E-state index contributed by atoms with van der Waals surface area (Å²) in [7, 11) is 0. The fraction of sp³-hybridized carbons (Fsp3) is 0.150. The van der Waals surface area contributed by atoms with Crippen LogP contribution in [0.2, 0.25) is 0 Å². The fourth-order valence-electron chi connectivity index (χ4n) is 2.61. The third kappa shape index (κ3) is 4.46. The van der Waals surface area contributed by atoms with Crippen molar-refractivity contribution in [3.63, 3.8) is 0 Å².